The van der Waals surface area contributed by atoms with Gasteiger partial charge in [0.1, 0.15) is 25.2 Å². The second-order valence-corrected chi connectivity index (χ2v) is 7.27. The highest BCUT2D eigenvalue weighted by Crippen LogP contribution is 2.28. The molecule has 0 saturated carbocycles. The number of allylic oxidation sites excluding steroid dienone is 1. The second kappa shape index (κ2) is 13.3. The van der Waals surface area contributed by atoms with E-state index in [1.807, 2.05) is 50.3 Å². The van der Waals surface area contributed by atoms with Crippen LogP contribution in [0.5, 0.6) is 17.4 Å². The molecular formula is C25H34N2O4. The Bertz CT molecular complexity index is 837. The van der Waals surface area contributed by atoms with Crippen molar-refractivity contribution < 1.29 is 19.0 Å². The first-order chi connectivity index (χ1) is 15.0. The number of oxime groups is 1. The van der Waals surface area contributed by atoms with Gasteiger partial charge in [0.05, 0.1) is 18.9 Å². The number of ether oxygens (including phenoxy) is 3. The Balaban J connectivity index is 1.67. The minimum atomic E-state index is 0.582. The van der Waals surface area contributed by atoms with Gasteiger partial charge in [0.2, 0.25) is 5.88 Å². The maximum atomic E-state index is 6.02. The molecule has 0 aliphatic rings. The van der Waals surface area contributed by atoms with Crippen LogP contribution in [0.25, 0.3) is 0 Å². The number of pyridine rings is 1. The lowest BCUT2D eigenvalue weighted by Crippen LogP contribution is -2.04. The van der Waals surface area contributed by atoms with Gasteiger partial charge in [0.15, 0.2) is 0 Å². The molecule has 0 atom stereocenters. The monoisotopic (exact) mass is 426 g/mol. The maximum Gasteiger partial charge on any atom is 0.213 e. The number of rotatable bonds is 13. The van der Waals surface area contributed by atoms with Gasteiger partial charge in [-0.2, -0.15) is 0 Å². The summed E-state index contributed by atoms with van der Waals surface area (Å²) in [7, 11) is 1.53. The quantitative estimate of drug-likeness (QED) is 0.179. The van der Waals surface area contributed by atoms with Crippen molar-refractivity contribution in [2.75, 3.05) is 26.9 Å². The average Bonchev–Trinajstić information content (AvgIpc) is 2.75. The van der Waals surface area contributed by atoms with Crippen LogP contribution in [0.1, 0.15) is 49.8 Å². The van der Waals surface area contributed by atoms with E-state index < -0.39 is 0 Å². The summed E-state index contributed by atoms with van der Waals surface area (Å²) in [5.74, 6) is 2.44. The van der Waals surface area contributed by atoms with E-state index in [1.54, 1.807) is 6.20 Å². The van der Waals surface area contributed by atoms with Crippen molar-refractivity contribution in [1.82, 2.24) is 4.98 Å². The summed E-state index contributed by atoms with van der Waals surface area (Å²) in [4.78, 5) is 9.08. The number of hydrogen-bond acceptors (Lipinski definition) is 6. The molecule has 6 heteroatoms. The van der Waals surface area contributed by atoms with Gasteiger partial charge in [-0.3, -0.25) is 0 Å². The third-order valence-electron chi connectivity index (χ3n) is 4.68. The molecule has 0 N–H and O–H groups in total. The van der Waals surface area contributed by atoms with Crippen LogP contribution in [-0.2, 0) is 4.84 Å². The Morgan fingerprint density at radius 3 is 2.32 bits per heavy atom. The first kappa shape index (κ1) is 24.3. The smallest absolute Gasteiger partial charge is 0.213 e. The summed E-state index contributed by atoms with van der Waals surface area (Å²) in [5.41, 5.74) is 3.88. The zero-order valence-electron chi connectivity index (χ0n) is 19.3. The van der Waals surface area contributed by atoms with Crippen molar-refractivity contribution >= 4 is 5.71 Å². The van der Waals surface area contributed by atoms with Gasteiger partial charge in [-0.15, -0.1) is 0 Å². The number of aryl methyl sites for hydroxylation is 2. The minimum absolute atomic E-state index is 0.582. The SMILES string of the molecule is C/C=C/COc1cc(C)c(OCCCCCOc2ccc(/C(C)=N/OC)cn2)c(C)c1. The molecule has 2 aromatic rings. The van der Waals surface area contributed by atoms with Gasteiger partial charge in [0.25, 0.3) is 0 Å². The number of aromatic nitrogens is 1. The molecule has 0 amide bonds. The van der Waals surface area contributed by atoms with Crippen molar-refractivity contribution in [3.05, 3.63) is 59.3 Å². The van der Waals surface area contributed by atoms with Crippen molar-refractivity contribution in [2.45, 2.75) is 47.0 Å². The Kier molecular flexibility index (Phi) is 10.4. The van der Waals surface area contributed by atoms with E-state index in [0.717, 1.165) is 53.2 Å². The predicted molar refractivity (Wildman–Crippen MR) is 125 cm³/mol. The molecule has 31 heavy (non-hydrogen) atoms. The lowest BCUT2D eigenvalue weighted by Gasteiger charge is -2.14. The van der Waals surface area contributed by atoms with Crippen molar-refractivity contribution in [3.63, 3.8) is 0 Å². The van der Waals surface area contributed by atoms with Crippen LogP contribution in [0.3, 0.4) is 0 Å². The van der Waals surface area contributed by atoms with E-state index in [-0.39, 0.29) is 0 Å². The average molecular weight is 427 g/mol. The highest BCUT2D eigenvalue weighted by atomic mass is 16.6. The van der Waals surface area contributed by atoms with Gasteiger partial charge in [-0.1, -0.05) is 17.3 Å². The van der Waals surface area contributed by atoms with Gasteiger partial charge in [0, 0.05) is 17.8 Å². The Hall–Kier alpha value is -3.02. The number of nitrogens with zero attached hydrogens (tertiary/aromatic N) is 2. The summed E-state index contributed by atoms with van der Waals surface area (Å²) in [6.07, 6.45) is 8.66. The van der Waals surface area contributed by atoms with E-state index in [4.69, 9.17) is 19.0 Å². The first-order valence-electron chi connectivity index (χ1n) is 10.7. The van der Waals surface area contributed by atoms with Crippen molar-refractivity contribution in [1.29, 1.82) is 0 Å². The highest BCUT2D eigenvalue weighted by molar-refractivity contribution is 5.98. The number of unbranched alkanes of at least 4 members (excludes halogenated alkanes) is 2. The van der Waals surface area contributed by atoms with Crippen LogP contribution in [0, 0.1) is 13.8 Å². The first-order valence-corrected chi connectivity index (χ1v) is 10.7. The van der Waals surface area contributed by atoms with E-state index in [0.29, 0.717) is 25.7 Å². The number of benzene rings is 1. The summed E-state index contributed by atoms with van der Waals surface area (Å²) in [6.45, 7) is 9.87. The Morgan fingerprint density at radius 2 is 1.71 bits per heavy atom. The lowest BCUT2D eigenvalue weighted by molar-refractivity contribution is 0.213. The predicted octanol–water partition coefficient (Wildman–Crippen LogP) is 5.65. The zero-order valence-corrected chi connectivity index (χ0v) is 19.3. The van der Waals surface area contributed by atoms with Crippen LogP contribution in [0.2, 0.25) is 0 Å². The fraction of sp³-hybridized carbons (Fsp3) is 0.440. The molecule has 2 rings (SSSR count). The van der Waals surface area contributed by atoms with Crippen LogP contribution >= 0.6 is 0 Å². The van der Waals surface area contributed by atoms with Gasteiger partial charge in [-0.05, 0) is 76.3 Å². The molecule has 0 saturated heterocycles. The molecule has 0 aliphatic heterocycles. The summed E-state index contributed by atoms with van der Waals surface area (Å²) in [6, 6.07) is 7.83. The molecule has 1 aromatic carbocycles. The lowest BCUT2D eigenvalue weighted by atomic mass is 10.1. The van der Waals surface area contributed by atoms with Crippen molar-refractivity contribution in [3.8, 4) is 17.4 Å². The van der Waals surface area contributed by atoms with Crippen molar-refractivity contribution in [2.24, 2.45) is 5.16 Å². The van der Waals surface area contributed by atoms with E-state index in [2.05, 4.69) is 24.0 Å². The van der Waals surface area contributed by atoms with E-state index in [9.17, 15) is 0 Å². The Morgan fingerprint density at radius 1 is 1.00 bits per heavy atom. The number of hydrogen-bond donors (Lipinski definition) is 0. The molecule has 1 aromatic heterocycles. The standard InChI is InChI=1S/C25H34N2O4/c1-6-7-13-29-23-16-19(2)25(20(3)17-23)31-15-10-8-9-14-30-24-12-11-22(18-26-24)21(4)27-28-5/h6-7,11-12,16-18H,8-10,13-15H2,1-5H3/b7-6+,27-21+. The third kappa shape index (κ3) is 8.32. The molecule has 0 fully saturated rings. The van der Waals surface area contributed by atoms with Crippen LogP contribution < -0.4 is 14.2 Å². The molecule has 0 spiro atoms. The molecule has 6 nitrogen and oxygen atoms in total. The van der Waals surface area contributed by atoms with Gasteiger partial charge >= 0.3 is 0 Å². The fourth-order valence-electron chi connectivity index (χ4n) is 3.06. The topological polar surface area (TPSA) is 62.2 Å². The molecule has 1 heterocycles. The fourth-order valence-corrected chi connectivity index (χ4v) is 3.06. The molecule has 0 bridgehead atoms. The highest BCUT2D eigenvalue weighted by Gasteiger charge is 2.07. The zero-order chi connectivity index (χ0) is 22.5. The largest absolute Gasteiger partial charge is 0.493 e. The van der Waals surface area contributed by atoms with Gasteiger partial charge in [-0.25, -0.2) is 4.98 Å². The summed E-state index contributed by atoms with van der Waals surface area (Å²) >= 11 is 0. The van der Waals surface area contributed by atoms with Gasteiger partial charge < -0.3 is 19.0 Å². The van der Waals surface area contributed by atoms with Crippen LogP contribution in [0.15, 0.2) is 47.8 Å². The van der Waals surface area contributed by atoms with E-state index in [1.165, 1.54) is 7.11 Å². The molecular weight excluding hydrogens is 392 g/mol. The Labute approximate surface area is 185 Å². The summed E-state index contributed by atoms with van der Waals surface area (Å²) < 4.78 is 17.5. The normalized spacial score (nSPS) is 11.6. The maximum absolute atomic E-state index is 6.02. The molecule has 0 radical (unpaired) electrons. The van der Waals surface area contributed by atoms with Crippen LogP contribution in [0.4, 0.5) is 0 Å². The summed E-state index contributed by atoms with van der Waals surface area (Å²) in [5, 5.41) is 3.90. The third-order valence-corrected chi connectivity index (χ3v) is 4.68. The second-order valence-electron chi connectivity index (χ2n) is 7.27. The molecule has 0 unspecified atom stereocenters. The van der Waals surface area contributed by atoms with Crippen LogP contribution in [-0.4, -0.2) is 37.6 Å². The minimum Gasteiger partial charge on any atom is -0.493 e. The molecule has 0 aliphatic carbocycles. The molecule has 168 valence electrons. The van der Waals surface area contributed by atoms with E-state index >= 15 is 0 Å².